The highest BCUT2D eigenvalue weighted by molar-refractivity contribution is 7.13. The molecule has 0 spiro atoms. The molecule has 0 aliphatic carbocycles. The molecule has 2 N–H and O–H groups in total. The van der Waals surface area contributed by atoms with Crippen molar-refractivity contribution in [1.29, 1.82) is 0 Å². The van der Waals surface area contributed by atoms with Gasteiger partial charge in [-0.2, -0.15) is 0 Å². The Labute approximate surface area is 125 Å². The van der Waals surface area contributed by atoms with E-state index in [9.17, 15) is 9.59 Å². The highest BCUT2D eigenvalue weighted by Gasteiger charge is 2.12. The number of aliphatic carboxylic acids is 1. The Bertz CT molecular complexity index is 606. The largest absolute Gasteiger partial charge is 0.481 e. The lowest BCUT2D eigenvalue weighted by molar-refractivity contribution is -0.137. The van der Waals surface area contributed by atoms with Crippen LogP contribution in [-0.2, 0) is 16.0 Å². The van der Waals surface area contributed by atoms with Crippen LogP contribution in [0.15, 0.2) is 28.4 Å². The molecular formula is C14H16N2O4S. The highest BCUT2D eigenvalue weighted by atomic mass is 32.1. The molecule has 112 valence electrons. The maximum absolute atomic E-state index is 11.9. The third-order valence-electron chi connectivity index (χ3n) is 2.86. The SMILES string of the molecule is CC(CCC(=O)O)NC(=O)Cc1csc(-c2ccoc2)n1. The van der Waals surface area contributed by atoms with Crippen LogP contribution in [0, 0.1) is 0 Å². The van der Waals surface area contributed by atoms with Crippen LogP contribution in [0.1, 0.15) is 25.5 Å². The Morgan fingerprint density at radius 2 is 2.33 bits per heavy atom. The maximum Gasteiger partial charge on any atom is 0.303 e. The van der Waals surface area contributed by atoms with Crippen molar-refractivity contribution in [3.8, 4) is 10.6 Å². The summed E-state index contributed by atoms with van der Waals surface area (Å²) in [7, 11) is 0. The Morgan fingerprint density at radius 1 is 1.52 bits per heavy atom. The zero-order valence-electron chi connectivity index (χ0n) is 11.5. The van der Waals surface area contributed by atoms with Crippen LogP contribution in [0.3, 0.4) is 0 Å². The van der Waals surface area contributed by atoms with Crippen molar-refractivity contribution in [2.45, 2.75) is 32.2 Å². The summed E-state index contributed by atoms with van der Waals surface area (Å²) in [5, 5.41) is 14.0. The van der Waals surface area contributed by atoms with E-state index in [2.05, 4.69) is 10.3 Å². The lowest BCUT2D eigenvalue weighted by Crippen LogP contribution is -2.34. The smallest absolute Gasteiger partial charge is 0.303 e. The summed E-state index contributed by atoms with van der Waals surface area (Å²) >= 11 is 1.45. The van der Waals surface area contributed by atoms with Gasteiger partial charge in [0.05, 0.1) is 18.4 Å². The van der Waals surface area contributed by atoms with Crippen molar-refractivity contribution in [1.82, 2.24) is 10.3 Å². The van der Waals surface area contributed by atoms with Gasteiger partial charge >= 0.3 is 5.97 Å². The number of amides is 1. The normalized spacial score (nSPS) is 12.0. The predicted molar refractivity (Wildman–Crippen MR) is 78.0 cm³/mol. The molecule has 2 heterocycles. The topological polar surface area (TPSA) is 92.4 Å². The van der Waals surface area contributed by atoms with Gasteiger partial charge in [0.1, 0.15) is 11.3 Å². The number of furan rings is 1. The summed E-state index contributed by atoms with van der Waals surface area (Å²) in [5.74, 6) is -1.02. The quantitative estimate of drug-likeness (QED) is 0.819. The molecule has 21 heavy (non-hydrogen) atoms. The number of nitrogens with zero attached hydrogens (tertiary/aromatic N) is 1. The van der Waals surface area contributed by atoms with Gasteiger partial charge in [-0.3, -0.25) is 9.59 Å². The van der Waals surface area contributed by atoms with E-state index in [-0.39, 0.29) is 24.8 Å². The second-order valence-corrected chi connectivity index (χ2v) is 5.59. The number of hydrogen-bond acceptors (Lipinski definition) is 5. The minimum absolute atomic E-state index is 0.0444. The Morgan fingerprint density at radius 3 is 3.00 bits per heavy atom. The van der Waals surface area contributed by atoms with Crippen molar-refractivity contribution >= 4 is 23.2 Å². The molecule has 0 fully saturated rings. The molecule has 1 atom stereocenters. The van der Waals surface area contributed by atoms with E-state index in [0.717, 1.165) is 10.6 Å². The minimum atomic E-state index is -0.861. The van der Waals surface area contributed by atoms with Crippen molar-refractivity contribution in [3.05, 3.63) is 29.7 Å². The van der Waals surface area contributed by atoms with Crippen LogP contribution < -0.4 is 5.32 Å². The van der Waals surface area contributed by atoms with Crippen LogP contribution in [0.2, 0.25) is 0 Å². The average molecular weight is 308 g/mol. The van der Waals surface area contributed by atoms with E-state index in [4.69, 9.17) is 9.52 Å². The molecule has 0 aliphatic heterocycles. The first-order chi connectivity index (χ1) is 10.0. The number of carboxylic acids is 1. The molecular weight excluding hydrogens is 292 g/mol. The fraction of sp³-hybridized carbons (Fsp3) is 0.357. The number of carboxylic acid groups (broad SMARTS) is 1. The van der Waals surface area contributed by atoms with E-state index in [0.29, 0.717) is 12.1 Å². The summed E-state index contributed by atoms with van der Waals surface area (Å²) in [6.07, 6.45) is 3.83. The predicted octanol–water partition coefficient (Wildman–Crippen LogP) is 2.32. The second-order valence-electron chi connectivity index (χ2n) is 4.73. The molecule has 0 saturated carbocycles. The lowest BCUT2D eigenvalue weighted by Gasteiger charge is -2.11. The van der Waals surface area contributed by atoms with Gasteiger partial charge in [0.2, 0.25) is 5.91 Å². The van der Waals surface area contributed by atoms with Crippen LogP contribution in [0.5, 0.6) is 0 Å². The Kier molecular flexibility index (Phi) is 5.10. The molecule has 1 amide bonds. The van der Waals surface area contributed by atoms with Crippen molar-refractivity contribution in [2.24, 2.45) is 0 Å². The molecule has 0 radical (unpaired) electrons. The van der Waals surface area contributed by atoms with Crippen LogP contribution in [0.25, 0.3) is 10.6 Å². The minimum Gasteiger partial charge on any atom is -0.481 e. The molecule has 2 rings (SSSR count). The molecule has 7 heteroatoms. The summed E-state index contributed by atoms with van der Waals surface area (Å²) in [4.78, 5) is 26.7. The summed E-state index contributed by atoms with van der Waals surface area (Å²) in [6.45, 7) is 1.79. The number of carbonyl (C=O) groups excluding carboxylic acids is 1. The number of aromatic nitrogens is 1. The maximum atomic E-state index is 11.9. The number of hydrogen-bond donors (Lipinski definition) is 2. The van der Waals surface area contributed by atoms with E-state index < -0.39 is 5.97 Å². The Balaban J connectivity index is 1.84. The van der Waals surface area contributed by atoms with Gasteiger partial charge < -0.3 is 14.8 Å². The van der Waals surface area contributed by atoms with Crippen LogP contribution in [-0.4, -0.2) is 28.0 Å². The first-order valence-corrected chi connectivity index (χ1v) is 7.40. The van der Waals surface area contributed by atoms with Crippen molar-refractivity contribution in [3.63, 3.8) is 0 Å². The molecule has 0 aliphatic rings. The van der Waals surface area contributed by atoms with Gasteiger partial charge in [-0.15, -0.1) is 11.3 Å². The molecule has 0 bridgehead atoms. The van der Waals surface area contributed by atoms with Gasteiger partial charge in [0.25, 0.3) is 0 Å². The first-order valence-electron chi connectivity index (χ1n) is 6.52. The van der Waals surface area contributed by atoms with Gasteiger partial charge in [0.15, 0.2) is 0 Å². The zero-order valence-corrected chi connectivity index (χ0v) is 12.4. The average Bonchev–Trinajstić information content (AvgIpc) is 3.06. The molecule has 1 unspecified atom stereocenters. The summed E-state index contributed by atoms with van der Waals surface area (Å²) in [6, 6.07) is 1.65. The number of carbonyl (C=O) groups is 2. The van der Waals surface area contributed by atoms with Crippen LogP contribution in [0.4, 0.5) is 0 Å². The van der Waals surface area contributed by atoms with E-state index in [1.54, 1.807) is 19.5 Å². The van der Waals surface area contributed by atoms with Crippen LogP contribution >= 0.6 is 11.3 Å². The molecule has 2 aromatic heterocycles. The van der Waals surface area contributed by atoms with E-state index in [1.165, 1.54) is 11.3 Å². The third-order valence-corrected chi connectivity index (χ3v) is 3.80. The number of thiazole rings is 1. The van der Waals surface area contributed by atoms with Gasteiger partial charge in [-0.05, 0) is 19.4 Å². The molecule has 0 saturated heterocycles. The second kappa shape index (κ2) is 7.03. The van der Waals surface area contributed by atoms with Crippen molar-refractivity contribution in [2.75, 3.05) is 0 Å². The van der Waals surface area contributed by atoms with Gasteiger partial charge in [0, 0.05) is 23.4 Å². The fourth-order valence-corrected chi connectivity index (χ4v) is 2.62. The first kappa shape index (κ1) is 15.2. The standard InChI is InChI=1S/C14H16N2O4S/c1-9(2-3-13(18)19)15-12(17)6-11-8-21-14(16-11)10-4-5-20-7-10/h4-5,7-9H,2-3,6H2,1H3,(H,15,17)(H,18,19). The lowest BCUT2D eigenvalue weighted by atomic mass is 10.2. The number of nitrogens with one attached hydrogen (secondary N) is 1. The Hall–Kier alpha value is -2.15. The summed E-state index contributed by atoms with van der Waals surface area (Å²) in [5.41, 5.74) is 1.58. The molecule has 2 aromatic rings. The van der Waals surface area contributed by atoms with Gasteiger partial charge in [-0.1, -0.05) is 0 Å². The van der Waals surface area contributed by atoms with E-state index in [1.807, 2.05) is 11.4 Å². The molecule has 0 aromatic carbocycles. The van der Waals surface area contributed by atoms with Gasteiger partial charge in [-0.25, -0.2) is 4.98 Å². The van der Waals surface area contributed by atoms with Crippen molar-refractivity contribution < 1.29 is 19.1 Å². The third kappa shape index (κ3) is 4.71. The highest BCUT2D eigenvalue weighted by Crippen LogP contribution is 2.24. The zero-order chi connectivity index (χ0) is 15.2. The summed E-state index contributed by atoms with van der Waals surface area (Å²) < 4.78 is 5.00. The number of rotatable bonds is 7. The molecule has 6 nitrogen and oxygen atoms in total. The fourth-order valence-electron chi connectivity index (χ4n) is 1.81. The monoisotopic (exact) mass is 308 g/mol. The van der Waals surface area contributed by atoms with E-state index >= 15 is 0 Å².